The van der Waals surface area contributed by atoms with Crippen molar-refractivity contribution in [2.75, 3.05) is 5.73 Å². The second-order valence-corrected chi connectivity index (χ2v) is 6.40. The largest absolute Gasteiger partial charge is 0.383 e. The van der Waals surface area contributed by atoms with Gasteiger partial charge < -0.3 is 17.2 Å². The van der Waals surface area contributed by atoms with Crippen molar-refractivity contribution in [2.45, 2.75) is 51.1 Å². The maximum atomic E-state index is 11.7. The van der Waals surface area contributed by atoms with Gasteiger partial charge in [0.2, 0.25) is 0 Å². The van der Waals surface area contributed by atoms with E-state index in [9.17, 15) is 4.79 Å². The topological polar surface area (TPSA) is 113 Å². The van der Waals surface area contributed by atoms with E-state index in [1.807, 2.05) is 31.2 Å². The van der Waals surface area contributed by atoms with Crippen LogP contribution in [-0.2, 0) is 6.42 Å². The molecule has 0 spiro atoms. The molecule has 6 nitrogen and oxygen atoms in total. The highest BCUT2D eigenvalue weighted by Crippen LogP contribution is 2.14. The fraction of sp³-hybridized carbons (Fsp3) is 0.444. The van der Waals surface area contributed by atoms with E-state index in [2.05, 4.69) is 4.98 Å². The van der Waals surface area contributed by atoms with Gasteiger partial charge in [-0.2, -0.15) is 4.98 Å². The lowest BCUT2D eigenvalue weighted by Crippen LogP contribution is -2.21. The van der Waals surface area contributed by atoms with Crippen molar-refractivity contribution in [3.05, 3.63) is 52.6 Å². The van der Waals surface area contributed by atoms with E-state index in [0.717, 1.165) is 17.7 Å². The van der Waals surface area contributed by atoms with E-state index < -0.39 is 0 Å². The van der Waals surface area contributed by atoms with Gasteiger partial charge in [-0.15, -0.1) is 0 Å². The van der Waals surface area contributed by atoms with Gasteiger partial charge in [-0.05, 0) is 49.9 Å². The molecular formula is C18H27N5O. The molecule has 0 aliphatic heterocycles. The first kappa shape index (κ1) is 18.2. The van der Waals surface area contributed by atoms with Crippen molar-refractivity contribution in [1.29, 1.82) is 0 Å². The molecule has 1 aromatic carbocycles. The maximum Gasteiger partial charge on any atom is 0.354 e. The van der Waals surface area contributed by atoms with Crippen LogP contribution < -0.4 is 22.9 Å². The lowest BCUT2D eigenvalue weighted by Gasteiger charge is -2.08. The van der Waals surface area contributed by atoms with Crippen LogP contribution in [-0.4, -0.2) is 21.6 Å². The lowest BCUT2D eigenvalue weighted by atomic mass is 10.1. The molecule has 6 N–H and O–H groups in total. The number of nitrogens with zero attached hydrogens (tertiary/aromatic N) is 2. The van der Waals surface area contributed by atoms with E-state index in [1.54, 1.807) is 12.3 Å². The van der Waals surface area contributed by atoms with Gasteiger partial charge in [0.25, 0.3) is 0 Å². The summed E-state index contributed by atoms with van der Waals surface area (Å²) in [6, 6.07) is 9.93. The fourth-order valence-corrected chi connectivity index (χ4v) is 2.73. The first-order chi connectivity index (χ1) is 11.5. The molecule has 1 atom stereocenters. The van der Waals surface area contributed by atoms with E-state index in [0.29, 0.717) is 6.04 Å². The van der Waals surface area contributed by atoms with Crippen LogP contribution in [0.4, 0.5) is 5.82 Å². The number of rotatable bonds is 3. The molecule has 1 saturated carbocycles. The zero-order valence-electron chi connectivity index (χ0n) is 14.2. The average Bonchev–Trinajstić information content (AvgIpc) is 3.00. The van der Waals surface area contributed by atoms with E-state index in [1.165, 1.54) is 30.3 Å². The van der Waals surface area contributed by atoms with E-state index in [-0.39, 0.29) is 17.5 Å². The van der Waals surface area contributed by atoms with Crippen molar-refractivity contribution in [3.8, 4) is 5.69 Å². The molecule has 1 heterocycles. The molecular weight excluding hydrogens is 302 g/mol. The Bertz CT molecular complexity index is 687. The fourth-order valence-electron chi connectivity index (χ4n) is 2.73. The molecule has 1 aromatic heterocycles. The third-order valence-corrected chi connectivity index (χ3v) is 4.00. The molecule has 1 fully saturated rings. The summed E-state index contributed by atoms with van der Waals surface area (Å²) in [5.74, 6) is 0.227. The summed E-state index contributed by atoms with van der Waals surface area (Å²) in [5.41, 5.74) is 18.2. The van der Waals surface area contributed by atoms with Gasteiger partial charge in [0.05, 0.1) is 5.69 Å². The van der Waals surface area contributed by atoms with Crippen LogP contribution >= 0.6 is 0 Å². The Hall–Kier alpha value is -2.18. The number of nitrogen functional groups attached to an aromatic ring is 1. The van der Waals surface area contributed by atoms with Gasteiger partial charge in [-0.25, -0.2) is 4.79 Å². The van der Waals surface area contributed by atoms with Crippen LogP contribution in [0.5, 0.6) is 0 Å². The number of benzene rings is 1. The standard InChI is InChI=1S/C13H16N4O.C5H11N/c1-9(14)8-10-2-4-11(5-3-10)17-7-6-12(15)16-13(17)18;6-5-3-1-2-4-5/h2-7,9H,8,14H2,1H3,(H2,15,16,18);5H,1-4,6H2. The Morgan fingerprint density at radius 1 is 1.21 bits per heavy atom. The summed E-state index contributed by atoms with van der Waals surface area (Å²) in [4.78, 5) is 15.3. The molecule has 1 unspecified atom stereocenters. The summed E-state index contributed by atoms with van der Waals surface area (Å²) in [5, 5.41) is 0. The van der Waals surface area contributed by atoms with E-state index in [4.69, 9.17) is 17.2 Å². The van der Waals surface area contributed by atoms with Crippen molar-refractivity contribution >= 4 is 5.82 Å². The minimum atomic E-state index is -0.380. The van der Waals surface area contributed by atoms with Crippen molar-refractivity contribution < 1.29 is 0 Å². The molecule has 0 amide bonds. The second-order valence-electron chi connectivity index (χ2n) is 6.40. The monoisotopic (exact) mass is 329 g/mol. The zero-order valence-corrected chi connectivity index (χ0v) is 14.2. The van der Waals surface area contributed by atoms with Crippen LogP contribution in [0.1, 0.15) is 38.2 Å². The molecule has 0 radical (unpaired) electrons. The number of anilines is 1. The van der Waals surface area contributed by atoms with Crippen molar-refractivity contribution in [3.63, 3.8) is 0 Å². The molecule has 130 valence electrons. The quantitative estimate of drug-likeness (QED) is 0.791. The Kier molecular flexibility index (Phi) is 6.52. The lowest BCUT2D eigenvalue weighted by molar-refractivity contribution is 0.704. The summed E-state index contributed by atoms with van der Waals surface area (Å²) in [7, 11) is 0. The molecule has 6 heteroatoms. The number of nitrogens with two attached hydrogens (primary N) is 3. The molecule has 0 bridgehead atoms. The summed E-state index contributed by atoms with van der Waals surface area (Å²) < 4.78 is 1.45. The summed E-state index contributed by atoms with van der Waals surface area (Å²) in [6.07, 6.45) is 7.68. The van der Waals surface area contributed by atoms with Gasteiger partial charge in [0.15, 0.2) is 0 Å². The molecule has 1 aliphatic carbocycles. The van der Waals surface area contributed by atoms with Crippen LogP contribution in [0.2, 0.25) is 0 Å². The molecule has 1 aliphatic rings. The van der Waals surface area contributed by atoms with Gasteiger partial charge >= 0.3 is 5.69 Å². The normalized spacial score (nSPS) is 15.6. The van der Waals surface area contributed by atoms with Crippen LogP contribution in [0.3, 0.4) is 0 Å². The van der Waals surface area contributed by atoms with Gasteiger partial charge in [-0.1, -0.05) is 25.0 Å². The Morgan fingerprint density at radius 3 is 2.29 bits per heavy atom. The van der Waals surface area contributed by atoms with Gasteiger partial charge in [0, 0.05) is 18.3 Å². The zero-order chi connectivity index (χ0) is 17.5. The number of hydrogen-bond donors (Lipinski definition) is 3. The van der Waals surface area contributed by atoms with Gasteiger partial charge in [-0.3, -0.25) is 4.57 Å². The smallest absolute Gasteiger partial charge is 0.354 e. The minimum Gasteiger partial charge on any atom is -0.383 e. The maximum absolute atomic E-state index is 11.7. The second kappa shape index (κ2) is 8.61. The Balaban J connectivity index is 0.000000292. The molecule has 24 heavy (non-hydrogen) atoms. The predicted molar refractivity (Wildman–Crippen MR) is 98.0 cm³/mol. The van der Waals surface area contributed by atoms with Gasteiger partial charge in [0.1, 0.15) is 5.82 Å². The number of aromatic nitrogens is 2. The van der Waals surface area contributed by atoms with Crippen LogP contribution in [0.15, 0.2) is 41.3 Å². The van der Waals surface area contributed by atoms with E-state index >= 15 is 0 Å². The van der Waals surface area contributed by atoms with Crippen LogP contribution in [0, 0.1) is 0 Å². The number of hydrogen-bond acceptors (Lipinski definition) is 5. The minimum absolute atomic E-state index is 0.122. The molecule has 0 saturated heterocycles. The molecule has 3 rings (SSSR count). The average molecular weight is 329 g/mol. The highest BCUT2D eigenvalue weighted by molar-refractivity contribution is 5.36. The highest BCUT2D eigenvalue weighted by atomic mass is 16.1. The SMILES string of the molecule is CC(N)Cc1ccc(-n2ccc(N)nc2=O)cc1.NC1CCCC1. The van der Waals surface area contributed by atoms with Crippen LogP contribution in [0.25, 0.3) is 5.69 Å². The first-order valence-electron chi connectivity index (χ1n) is 8.41. The van der Waals surface area contributed by atoms with Crippen molar-refractivity contribution in [2.24, 2.45) is 11.5 Å². The highest BCUT2D eigenvalue weighted by Gasteiger charge is 2.07. The summed E-state index contributed by atoms with van der Waals surface area (Å²) >= 11 is 0. The third-order valence-electron chi connectivity index (χ3n) is 4.00. The predicted octanol–water partition coefficient (Wildman–Crippen LogP) is 1.59. The van der Waals surface area contributed by atoms with Crippen molar-refractivity contribution in [1.82, 2.24) is 9.55 Å². The summed E-state index contributed by atoms with van der Waals surface area (Å²) in [6.45, 7) is 1.96. The Morgan fingerprint density at radius 2 is 1.83 bits per heavy atom. The first-order valence-corrected chi connectivity index (χ1v) is 8.41. The Labute approximate surface area is 142 Å². The molecule has 2 aromatic rings. The third kappa shape index (κ3) is 5.47.